The van der Waals surface area contributed by atoms with Crippen LogP contribution in [0.15, 0.2) is 23.0 Å². The van der Waals surface area contributed by atoms with Crippen molar-refractivity contribution < 1.29 is 19.0 Å². The van der Waals surface area contributed by atoms with Crippen LogP contribution < -0.4 is 15.6 Å². The van der Waals surface area contributed by atoms with Crippen LogP contribution in [0.3, 0.4) is 0 Å². The molecular formula is C19H24N4O5S. The molecule has 3 rings (SSSR count). The molecule has 3 N–H and O–H groups in total. The summed E-state index contributed by atoms with van der Waals surface area (Å²) in [6.45, 7) is 0.588. The van der Waals surface area contributed by atoms with E-state index in [1.54, 1.807) is 7.11 Å². The molecule has 1 amide bonds. The highest BCUT2D eigenvalue weighted by molar-refractivity contribution is 7.71. The summed E-state index contributed by atoms with van der Waals surface area (Å²) in [6, 6.07) is 5.52. The molecule has 156 valence electrons. The number of benzene rings is 1. The van der Waals surface area contributed by atoms with E-state index in [4.69, 9.17) is 26.4 Å². The minimum absolute atomic E-state index is 0.147. The summed E-state index contributed by atoms with van der Waals surface area (Å²) in [5.74, 6) is 0.544. The largest absolute Gasteiger partial charge is 0.497 e. The topological polar surface area (TPSA) is 110 Å². The minimum Gasteiger partial charge on any atom is -0.497 e. The number of amides is 1. The summed E-state index contributed by atoms with van der Waals surface area (Å²) in [7, 11) is 4.60. The predicted octanol–water partition coefficient (Wildman–Crippen LogP) is 2.06. The van der Waals surface area contributed by atoms with E-state index in [0.717, 1.165) is 10.9 Å². The normalized spacial score (nSPS) is 11.4. The number of ether oxygens (including phenoxy) is 3. The molecular weight excluding hydrogens is 396 g/mol. The molecule has 10 heteroatoms. The lowest BCUT2D eigenvalue weighted by atomic mass is 10.2. The van der Waals surface area contributed by atoms with Crippen LogP contribution in [-0.4, -0.2) is 54.6 Å². The Morgan fingerprint density at radius 3 is 2.66 bits per heavy atom. The van der Waals surface area contributed by atoms with Crippen molar-refractivity contribution in [1.82, 2.24) is 19.9 Å². The Labute approximate surface area is 172 Å². The Morgan fingerprint density at radius 1 is 1.21 bits per heavy atom. The molecule has 0 atom stereocenters. The Kier molecular flexibility index (Phi) is 6.68. The SMILES string of the molecule is COc1ccc2[nH]c3c(=O)n(CCCC(=O)NCC(OC)OC)c(=S)[nH]c3c2c1. The van der Waals surface area contributed by atoms with Gasteiger partial charge in [0.15, 0.2) is 11.1 Å². The first-order valence-corrected chi connectivity index (χ1v) is 9.54. The van der Waals surface area contributed by atoms with Crippen LogP contribution in [0.4, 0.5) is 0 Å². The molecule has 9 nitrogen and oxygen atoms in total. The van der Waals surface area contributed by atoms with Gasteiger partial charge in [0.05, 0.1) is 19.2 Å². The van der Waals surface area contributed by atoms with Gasteiger partial charge in [-0.15, -0.1) is 0 Å². The first-order valence-electron chi connectivity index (χ1n) is 9.13. The van der Waals surface area contributed by atoms with Gasteiger partial charge in [0.2, 0.25) is 5.91 Å². The fourth-order valence-corrected chi connectivity index (χ4v) is 3.42. The Morgan fingerprint density at radius 2 is 1.97 bits per heavy atom. The molecule has 2 heterocycles. The summed E-state index contributed by atoms with van der Waals surface area (Å²) in [4.78, 5) is 31.2. The van der Waals surface area contributed by atoms with Crippen molar-refractivity contribution in [3.05, 3.63) is 33.3 Å². The van der Waals surface area contributed by atoms with Gasteiger partial charge in [-0.25, -0.2) is 0 Å². The maximum absolute atomic E-state index is 12.9. The van der Waals surface area contributed by atoms with Gasteiger partial charge in [-0.05, 0) is 36.8 Å². The van der Waals surface area contributed by atoms with E-state index in [1.807, 2.05) is 18.2 Å². The first kappa shape index (κ1) is 21.0. The third-order valence-corrected chi connectivity index (χ3v) is 5.04. The highest BCUT2D eigenvalue weighted by atomic mass is 32.1. The number of carbonyl (C=O) groups is 1. The molecule has 0 fully saturated rings. The summed E-state index contributed by atoms with van der Waals surface area (Å²) >= 11 is 5.38. The quantitative estimate of drug-likeness (QED) is 0.361. The van der Waals surface area contributed by atoms with Crippen LogP contribution in [0.25, 0.3) is 21.9 Å². The van der Waals surface area contributed by atoms with Crippen LogP contribution in [0.2, 0.25) is 0 Å². The molecule has 0 aliphatic rings. The van der Waals surface area contributed by atoms with E-state index in [9.17, 15) is 9.59 Å². The number of aromatic nitrogens is 3. The molecule has 0 aliphatic carbocycles. The van der Waals surface area contributed by atoms with Crippen molar-refractivity contribution in [3.8, 4) is 5.75 Å². The molecule has 0 saturated carbocycles. The van der Waals surface area contributed by atoms with Crippen LogP contribution in [0.1, 0.15) is 12.8 Å². The van der Waals surface area contributed by atoms with Gasteiger partial charge in [-0.3, -0.25) is 14.2 Å². The monoisotopic (exact) mass is 420 g/mol. The van der Waals surface area contributed by atoms with Gasteiger partial charge in [0.25, 0.3) is 5.56 Å². The zero-order valence-corrected chi connectivity index (χ0v) is 17.4. The zero-order chi connectivity index (χ0) is 21.0. The number of carbonyl (C=O) groups excluding carboxylic acids is 1. The summed E-state index contributed by atoms with van der Waals surface area (Å²) in [6.07, 6.45) is 0.231. The Balaban J connectivity index is 1.75. The van der Waals surface area contributed by atoms with Crippen LogP contribution in [0.5, 0.6) is 5.75 Å². The van der Waals surface area contributed by atoms with Crippen molar-refractivity contribution in [3.63, 3.8) is 0 Å². The second-order valence-electron chi connectivity index (χ2n) is 6.48. The van der Waals surface area contributed by atoms with E-state index < -0.39 is 6.29 Å². The number of nitrogens with zero attached hydrogens (tertiary/aromatic N) is 1. The molecule has 1 aromatic carbocycles. The number of fused-ring (bicyclic) bond motifs is 3. The number of nitrogens with one attached hydrogen (secondary N) is 3. The molecule has 0 bridgehead atoms. The van der Waals surface area contributed by atoms with Gasteiger partial charge in [0.1, 0.15) is 11.3 Å². The number of hydrogen-bond acceptors (Lipinski definition) is 6. The summed E-state index contributed by atoms with van der Waals surface area (Å²) in [5.41, 5.74) is 1.67. The minimum atomic E-state index is -0.488. The summed E-state index contributed by atoms with van der Waals surface area (Å²) in [5, 5.41) is 3.56. The molecule has 0 spiro atoms. The number of rotatable bonds is 9. The molecule has 0 unspecified atom stereocenters. The average molecular weight is 420 g/mol. The van der Waals surface area contributed by atoms with Gasteiger partial charge in [0, 0.05) is 38.1 Å². The lowest BCUT2D eigenvalue weighted by molar-refractivity contribution is -0.127. The third-order valence-electron chi connectivity index (χ3n) is 4.72. The molecule has 2 aromatic heterocycles. The van der Waals surface area contributed by atoms with Crippen molar-refractivity contribution in [2.24, 2.45) is 0 Å². The lowest BCUT2D eigenvalue weighted by Gasteiger charge is -2.14. The van der Waals surface area contributed by atoms with Crippen LogP contribution in [0, 0.1) is 4.77 Å². The van der Waals surface area contributed by atoms with Gasteiger partial charge >= 0.3 is 0 Å². The highest BCUT2D eigenvalue weighted by Crippen LogP contribution is 2.25. The fraction of sp³-hybridized carbons (Fsp3) is 0.421. The van der Waals surface area contributed by atoms with Gasteiger partial charge < -0.3 is 29.5 Å². The molecule has 0 saturated heterocycles. The van der Waals surface area contributed by atoms with Gasteiger partial charge in [-0.2, -0.15) is 0 Å². The second kappa shape index (κ2) is 9.21. The highest BCUT2D eigenvalue weighted by Gasteiger charge is 2.13. The van der Waals surface area contributed by atoms with Crippen LogP contribution in [-0.2, 0) is 20.8 Å². The van der Waals surface area contributed by atoms with Crippen molar-refractivity contribution >= 4 is 40.1 Å². The van der Waals surface area contributed by atoms with E-state index >= 15 is 0 Å². The lowest BCUT2D eigenvalue weighted by Crippen LogP contribution is -2.34. The standard InChI is InChI=1S/C19H24N4O5S/c1-26-11-6-7-13-12(9-11)16-17(21-13)18(25)23(19(29)22-16)8-4-5-14(24)20-10-15(27-2)28-3/h6-7,9,15,21H,4-5,8,10H2,1-3H3,(H,20,24)(H,22,29). The van der Waals surface area contributed by atoms with E-state index in [-0.39, 0.29) is 24.4 Å². The van der Waals surface area contributed by atoms with E-state index in [1.165, 1.54) is 18.8 Å². The Bertz CT molecular complexity index is 1130. The van der Waals surface area contributed by atoms with E-state index in [0.29, 0.717) is 34.5 Å². The van der Waals surface area contributed by atoms with Crippen molar-refractivity contribution in [1.29, 1.82) is 0 Å². The average Bonchev–Trinajstić information content (AvgIpc) is 3.09. The number of methoxy groups -OCH3 is 3. The predicted molar refractivity (Wildman–Crippen MR) is 112 cm³/mol. The first-order chi connectivity index (χ1) is 14.0. The summed E-state index contributed by atoms with van der Waals surface area (Å²) < 4.78 is 17.1. The second-order valence-corrected chi connectivity index (χ2v) is 6.87. The van der Waals surface area contributed by atoms with E-state index in [2.05, 4.69) is 15.3 Å². The molecule has 0 aliphatic heterocycles. The van der Waals surface area contributed by atoms with Crippen molar-refractivity contribution in [2.45, 2.75) is 25.7 Å². The Hall–Kier alpha value is -2.69. The molecule has 0 radical (unpaired) electrons. The molecule has 29 heavy (non-hydrogen) atoms. The maximum atomic E-state index is 12.9. The maximum Gasteiger partial charge on any atom is 0.278 e. The number of H-pyrrole nitrogens is 2. The van der Waals surface area contributed by atoms with Gasteiger partial charge in [-0.1, -0.05) is 0 Å². The van der Waals surface area contributed by atoms with Crippen LogP contribution >= 0.6 is 12.2 Å². The smallest absolute Gasteiger partial charge is 0.278 e. The molecule has 3 aromatic rings. The number of hydrogen-bond donors (Lipinski definition) is 3. The third kappa shape index (κ3) is 4.50. The van der Waals surface area contributed by atoms with Crippen molar-refractivity contribution in [2.75, 3.05) is 27.9 Å². The zero-order valence-electron chi connectivity index (χ0n) is 16.5. The fourth-order valence-electron chi connectivity index (χ4n) is 3.14. The number of aromatic amines is 2.